The minimum absolute atomic E-state index is 0. The smallest absolute Gasteiger partial charge is 0.193 e. The number of hydrogen-bond donors (Lipinski definition) is 1. The second-order valence-corrected chi connectivity index (χ2v) is 6.75. The molecule has 0 spiro atoms. The van der Waals surface area contributed by atoms with E-state index in [0.717, 1.165) is 31.5 Å². The number of aromatic nitrogens is 2. The molecule has 0 bridgehead atoms. The summed E-state index contributed by atoms with van der Waals surface area (Å²) in [4.78, 5) is 10.7. The van der Waals surface area contributed by atoms with Gasteiger partial charge < -0.3 is 14.8 Å². The molecule has 1 aromatic heterocycles. The third-order valence-corrected chi connectivity index (χ3v) is 5.02. The van der Waals surface area contributed by atoms with E-state index in [4.69, 9.17) is 0 Å². The third-order valence-electron chi connectivity index (χ3n) is 5.02. The number of nitrogens with one attached hydrogen (secondary N) is 1. The standard InChI is InChI=1S/C19H25F2N5.HI/c1-14-6-9-25(12-18(14)26-10-8-23-13-26)19(22-2)24-7-5-15-11-16(20)3-4-17(15)21;/h3-4,8,10-11,13-14,18H,5-7,9,12H2,1-2H3,(H,22,24);1H. The van der Waals surface area contributed by atoms with Crippen LogP contribution in [0.1, 0.15) is 24.9 Å². The number of likely N-dealkylation sites (tertiary alicyclic amines) is 1. The molecule has 5 nitrogen and oxygen atoms in total. The van der Waals surface area contributed by atoms with Crippen LogP contribution in [0.5, 0.6) is 0 Å². The van der Waals surface area contributed by atoms with Gasteiger partial charge >= 0.3 is 0 Å². The third kappa shape index (κ3) is 5.40. The van der Waals surface area contributed by atoms with Crippen molar-refractivity contribution in [3.63, 3.8) is 0 Å². The van der Waals surface area contributed by atoms with Gasteiger partial charge in [-0.05, 0) is 42.5 Å². The normalized spacial score (nSPS) is 20.3. The minimum Gasteiger partial charge on any atom is -0.356 e. The maximum absolute atomic E-state index is 13.7. The molecule has 1 saturated heterocycles. The van der Waals surface area contributed by atoms with Gasteiger partial charge in [0.2, 0.25) is 0 Å². The van der Waals surface area contributed by atoms with Crippen molar-refractivity contribution in [2.24, 2.45) is 10.9 Å². The fourth-order valence-corrected chi connectivity index (χ4v) is 3.47. The molecule has 1 fully saturated rings. The molecule has 27 heavy (non-hydrogen) atoms. The average Bonchev–Trinajstić information content (AvgIpc) is 3.17. The molecule has 2 heterocycles. The predicted octanol–water partition coefficient (Wildman–Crippen LogP) is 3.48. The fraction of sp³-hybridized carbons (Fsp3) is 0.474. The lowest BCUT2D eigenvalue weighted by Gasteiger charge is -2.39. The molecule has 0 radical (unpaired) electrons. The van der Waals surface area contributed by atoms with Gasteiger partial charge in [0.1, 0.15) is 11.6 Å². The average molecular weight is 489 g/mol. The summed E-state index contributed by atoms with van der Waals surface area (Å²) in [6.07, 6.45) is 7.10. The highest BCUT2D eigenvalue weighted by Crippen LogP contribution is 2.27. The number of halogens is 3. The fourth-order valence-electron chi connectivity index (χ4n) is 3.47. The van der Waals surface area contributed by atoms with Crippen LogP contribution >= 0.6 is 24.0 Å². The maximum Gasteiger partial charge on any atom is 0.193 e. The van der Waals surface area contributed by atoms with E-state index >= 15 is 0 Å². The number of imidazole rings is 1. The van der Waals surface area contributed by atoms with Crippen LogP contribution in [0.3, 0.4) is 0 Å². The molecule has 3 rings (SSSR count). The highest BCUT2D eigenvalue weighted by molar-refractivity contribution is 14.0. The molecule has 0 saturated carbocycles. The second-order valence-electron chi connectivity index (χ2n) is 6.75. The lowest BCUT2D eigenvalue weighted by Crippen LogP contribution is -2.49. The summed E-state index contributed by atoms with van der Waals surface area (Å²) >= 11 is 0. The number of aliphatic imine (C=N–C) groups is 1. The monoisotopic (exact) mass is 489 g/mol. The van der Waals surface area contributed by atoms with E-state index < -0.39 is 5.82 Å². The van der Waals surface area contributed by atoms with E-state index in [-0.39, 0.29) is 29.8 Å². The predicted molar refractivity (Wildman–Crippen MR) is 113 cm³/mol. The Morgan fingerprint density at radius 1 is 1.37 bits per heavy atom. The van der Waals surface area contributed by atoms with Gasteiger partial charge in [-0.15, -0.1) is 24.0 Å². The van der Waals surface area contributed by atoms with Gasteiger partial charge in [-0.3, -0.25) is 4.99 Å². The van der Waals surface area contributed by atoms with E-state index in [9.17, 15) is 8.78 Å². The van der Waals surface area contributed by atoms with Gasteiger partial charge in [0.25, 0.3) is 0 Å². The highest BCUT2D eigenvalue weighted by Gasteiger charge is 2.28. The number of guanidine groups is 1. The van der Waals surface area contributed by atoms with Crippen LogP contribution in [0.4, 0.5) is 8.78 Å². The SMILES string of the molecule is CN=C(NCCc1cc(F)ccc1F)N1CCC(C)C(n2ccnc2)C1.I. The topological polar surface area (TPSA) is 45.5 Å². The highest BCUT2D eigenvalue weighted by atomic mass is 127. The maximum atomic E-state index is 13.7. The molecule has 8 heteroatoms. The van der Waals surface area contributed by atoms with Gasteiger partial charge in [-0.1, -0.05) is 6.92 Å². The molecule has 1 aromatic carbocycles. The van der Waals surface area contributed by atoms with Crippen molar-refractivity contribution < 1.29 is 8.78 Å². The summed E-state index contributed by atoms with van der Waals surface area (Å²) in [5.41, 5.74) is 0.372. The Balaban J connectivity index is 0.00000261. The van der Waals surface area contributed by atoms with E-state index in [2.05, 4.69) is 31.7 Å². The van der Waals surface area contributed by atoms with Crippen molar-refractivity contribution in [2.75, 3.05) is 26.7 Å². The van der Waals surface area contributed by atoms with Crippen LogP contribution in [0.2, 0.25) is 0 Å². The van der Waals surface area contributed by atoms with Crippen molar-refractivity contribution in [1.82, 2.24) is 19.8 Å². The Kier molecular flexibility index (Phi) is 8.00. The van der Waals surface area contributed by atoms with Crippen molar-refractivity contribution in [3.8, 4) is 0 Å². The summed E-state index contributed by atoms with van der Waals surface area (Å²) in [5, 5.41) is 3.28. The van der Waals surface area contributed by atoms with Crippen molar-refractivity contribution in [1.29, 1.82) is 0 Å². The lowest BCUT2D eigenvalue weighted by molar-refractivity contribution is 0.189. The largest absolute Gasteiger partial charge is 0.356 e. The molecule has 0 amide bonds. The molecule has 1 N–H and O–H groups in total. The number of hydrogen-bond acceptors (Lipinski definition) is 2. The first-order chi connectivity index (χ1) is 12.6. The lowest BCUT2D eigenvalue weighted by atomic mass is 9.93. The van der Waals surface area contributed by atoms with E-state index in [1.807, 2.05) is 12.5 Å². The summed E-state index contributed by atoms with van der Waals surface area (Å²) in [7, 11) is 1.75. The van der Waals surface area contributed by atoms with Crippen molar-refractivity contribution in [3.05, 3.63) is 54.1 Å². The summed E-state index contributed by atoms with van der Waals surface area (Å²) < 4.78 is 29.2. The molecule has 2 atom stereocenters. The molecular formula is C19H26F2IN5. The van der Waals surface area contributed by atoms with Crippen LogP contribution in [0, 0.1) is 17.6 Å². The van der Waals surface area contributed by atoms with Crippen LogP contribution in [0.15, 0.2) is 41.9 Å². The van der Waals surface area contributed by atoms with Crippen molar-refractivity contribution >= 4 is 29.9 Å². The number of benzene rings is 1. The van der Waals surface area contributed by atoms with Gasteiger partial charge in [-0.25, -0.2) is 13.8 Å². The zero-order valence-electron chi connectivity index (χ0n) is 15.6. The van der Waals surface area contributed by atoms with E-state index in [1.54, 1.807) is 13.2 Å². The Hall–Kier alpha value is -1.71. The first-order valence-corrected chi connectivity index (χ1v) is 8.95. The van der Waals surface area contributed by atoms with Gasteiger partial charge in [0.15, 0.2) is 5.96 Å². The molecule has 1 aliphatic rings. The van der Waals surface area contributed by atoms with Gasteiger partial charge in [0, 0.05) is 39.1 Å². The quantitative estimate of drug-likeness (QED) is 0.407. The molecule has 148 valence electrons. The molecule has 1 aliphatic heterocycles. The Morgan fingerprint density at radius 3 is 2.89 bits per heavy atom. The molecule has 2 unspecified atom stereocenters. The summed E-state index contributed by atoms with van der Waals surface area (Å²) in [5.74, 6) is 0.549. The number of rotatable bonds is 4. The van der Waals surface area contributed by atoms with Gasteiger partial charge in [-0.2, -0.15) is 0 Å². The second kappa shape index (κ2) is 10.0. The Morgan fingerprint density at radius 2 is 2.19 bits per heavy atom. The molecule has 2 aromatic rings. The zero-order chi connectivity index (χ0) is 18.5. The summed E-state index contributed by atoms with van der Waals surface area (Å²) in [6.45, 7) is 4.51. The van der Waals surface area contributed by atoms with Gasteiger partial charge in [0.05, 0.1) is 12.4 Å². The summed E-state index contributed by atoms with van der Waals surface area (Å²) in [6, 6.07) is 3.89. The minimum atomic E-state index is -0.418. The van der Waals surface area contributed by atoms with Crippen LogP contribution < -0.4 is 5.32 Å². The van der Waals surface area contributed by atoms with Crippen LogP contribution in [-0.2, 0) is 6.42 Å². The Labute approximate surface area is 175 Å². The number of nitrogens with zero attached hydrogens (tertiary/aromatic N) is 4. The van der Waals surface area contributed by atoms with E-state index in [1.165, 1.54) is 12.1 Å². The number of piperidine rings is 1. The Bertz CT molecular complexity index is 751. The first kappa shape index (κ1) is 21.6. The molecular weight excluding hydrogens is 463 g/mol. The first-order valence-electron chi connectivity index (χ1n) is 8.95. The molecule has 0 aliphatic carbocycles. The van der Waals surface area contributed by atoms with Crippen LogP contribution in [-0.4, -0.2) is 47.1 Å². The van der Waals surface area contributed by atoms with Crippen LogP contribution in [0.25, 0.3) is 0 Å². The van der Waals surface area contributed by atoms with E-state index in [0.29, 0.717) is 30.5 Å². The van der Waals surface area contributed by atoms with Crippen molar-refractivity contribution in [2.45, 2.75) is 25.8 Å². The zero-order valence-corrected chi connectivity index (χ0v) is 17.9.